The fraction of sp³-hybridized carbons (Fsp3) is 0.409. The van der Waals surface area contributed by atoms with Crippen LogP contribution in [0.1, 0.15) is 17.5 Å². The molecule has 1 aliphatic rings. The Bertz CT molecular complexity index is 876. The molecule has 2 aromatic carbocycles. The number of nitrogens with zero attached hydrogens (tertiary/aromatic N) is 2. The SMILES string of the molecule is CN=C(NCc1cccc(C(F)(F)F)c1)NCC1CCN(c2cccc(OC)c2)C1.I. The maximum absolute atomic E-state index is 12.9. The second-order valence-electron chi connectivity index (χ2n) is 7.31. The normalized spacial score (nSPS) is 16.6. The molecule has 31 heavy (non-hydrogen) atoms. The molecule has 1 heterocycles. The summed E-state index contributed by atoms with van der Waals surface area (Å²) in [5, 5.41) is 6.37. The lowest BCUT2D eigenvalue weighted by Gasteiger charge is -2.20. The van der Waals surface area contributed by atoms with Crippen molar-refractivity contribution in [3.8, 4) is 5.75 Å². The van der Waals surface area contributed by atoms with Crippen LogP contribution in [0.25, 0.3) is 0 Å². The fourth-order valence-corrected chi connectivity index (χ4v) is 3.55. The minimum absolute atomic E-state index is 0. The van der Waals surface area contributed by atoms with E-state index in [9.17, 15) is 13.2 Å². The Hall–Kier alpha value is -2.17. The van der Waals surface area contributed by atoms with E-state index < -0.39 is 11.7 Å². The molecule has 1 atom stereocenters. The Morgan fingerprint density at radius 3 is 2.65 bits per heavy atom. The van der Waals surface area contributed by atoms with Crippen LogP contribution in [0.4, 0.5) is 18.9 Å². The van der Waals surface area contributed by atoms with Gasteiger partial charge in [-0.3, -0.25) is 4.99 Å². The van der Waals surface area contributed by atoms with Crippen LogP contribution in [0.5, 0.6) is 5.75 Å². The van der Waals surface area contributed by atoms with Gasteiger partial charge in [-0.25, -0.2) is 0 Å². The van der Waals surface area contributed by atoms with E-state index in [1.807, 2.05) is 18.2 Å². The van der Waals surface area contributed by atoms with Crippen LogP contribution < -0.4 is 20.3 Å². The summed E-state index contributed by atoms with van der Waals surface area (Å²) in [5.74, 6) is 1.86. The average molecular weight is 548 g/mol. The third-order valence-corrected chi connectivity index (χ3v) is 5.20. The fourth-order valence-electron chi connectivity index (χ4n) is 3.55. The third kappa shape index (κ3) is 7.19. The summed E-state index contributed by atoms with van der Waals surface area (Å²) in [6, 6.07) is 13.3. The van der Waals surface area contributed by atoms with E-state index >= 15 is 0 Å². The van der Waals surface area contributed by atoms with Gasteiger partial charge in [0, 0.05) is 45.0 Å². The molecule has 1 fully saturated rings. The quantitative estimate of drug-likeness (QED) is 0.317. The summed E-state index contributed by atoms with van der Waals surface area (Å²) in [6.07, 6.45) is -3.29. The molecule has 0 aliphatic carbocycles. The Morgan fingerprint density at radius 1 is 1.16 bits per heavy atom. The van der Waals surface area contributed by atoms with Crippen molar-refractivity contribution in [1.82, 2.24) is 10.6 Å². The van der Waals surface area contributed by atoms with E-state index in [1.54, 1.807) is 20.2 Å². The number of nitrogens with one attached hydrogen (secondary N) is 2. The zero-order valence-electron chi connectivity index (χ0n) is 17.6. The van der Waals surface area contributed by atoms with Crippen LogP contribution in [0.3, 0.4) is 0 Å². The van der Waals surface area contributed by atoms with Crippen molar-refractivity contribution in [3.63, 3.8) is 0 Å². The second kappa shape index (κ2) is 11.4. The first kappa shape index (κ1) is 25.1. The third-order valence-electron chi connectivity index (χ3n) is 5.20. The molecular formula is C22H28F3IN4O. The summed E-state index contributed by atoms with van der Waals surface area (Å²) in [7, 11) is 3.31. The molecule has 0 spiro atoms. The van der Waals surface area contributed by atoms with Crippen LogP contribution >= 0.6 is 24.0 Å². The highest BCUT2D eigenvalue weighted by Crippen LogP contribution is 2.29. The minimum atomic E-state index is -4.34. The molecule has 0 amide bonds. The summed E-state index contributed by atoms with van der Waals surface area (Å²) >= 11 is 0. The predicted molar refractivity (Wildman–Crippen MR) is 128 cm³/mol. The number of hydrogen-bond acceptors (Lipinski definition) is 3. The molecular weight excluding hydrogens is 520 g/mol. The van der Waals surface area contributed by atoms with Crippen LogP contribution in [-0.4, -0.2) is 39.8 Å². The number of anilines is 1. The van der Waals surface area contributed by atoms with E-state index in [-0.39, 0.29) is 30.5 Å². The van der Waals surface area contributed by atoms with Crippen molar-refractivity contribution in [2.24, 2.45) is 10.9 Å². The number of alkyl halides is 3. The van der Waals surface area contributed by atoms with Crippen molar-refractivity contribution in [3.05, 3.63) is 59.7 Å². The molecule has 0 aromatic heterocycles. The highest BCUT2D eigenvalue weighted by atomic mass is 127. The number of ether oxygens (including phenoxy) is 1. The molecule has 1 aliphatic heterocycles. The summed E-state index contributed by atoms with van der Waals surface area (Å²) in [4.78, 5) is 6.50. The maximum atomic E-state index is 12.9. The molecule has 2 N–H and O–H groups in total. The van der Waals surface area contributed by atoms with E-state index in [2.05, 4.69) is 26.6 Å². The first-order valence-electron chi connectivity index (χ1n) is 9.88. The van der Waals surface area contributed by atoms with Crippen LogP contribution in [0.15, 0.2) is 53.5 Å². The Morgan fingerprint density at radius 2 is 1.94 bits per heavy atom. The van der Waals surface area contributed by atoms with Crippen molar-refractivity contribution in [2.75, 3.05) is 38.7 Å². The Kier molecular flexibility index (Phi) is 9.27. The number of halogens is 4. The van der Waals surface area contributed by atoms with E-state index in [0.717, 1.165) is 49.6 Å². The number of rotatable bonds is 6. The van der Waals surface area contributed by atoms with Crippen LogP contribution in [0, 0.1) is 5.92 Å². The van der Waals surface area contributed by atoms with Crippen LogP contribution in [-0.2, 0) is 12.7 Å². The lowest BCUT2D eigenvalue weighted by molar-refractivity contribution is -0.137. The van der Waals surface area contributed by atoms with Gasteiger partial charge in [-0.15, -0.1) is 24.0 Å². The van der Waals surface area contributed by atoms with Gasteiger partial charge in [0.2, 0.25) is 0 Å². The molecule has 2 aromatic rings. The number of guanidine groups is 1. The largest absolute Gasteiger partial charge is 0.497 e. The molecule has 0 saturated carbocycles. The second-order valence-corrected chi connectivity index (χ2v) is 7.31. The standard InChI is InChI=1S/C22H27F3N4O.HI/c1-26-21(27-13-16-5-3-6-18(11-16)22(23,24)25)28-14-17-9-10-29(15-17)19-7-4-8-20(12-19)30-2;/h3-8,11-12,17H,9-10,13-15H2,1-2H3,(H2,26,27,28);1H. The topological polar surface area (TPSA) is 48.9 Å². The van der Waals surface area contributed by atoms with Gasteiger partial charge in [-0.1, -0.05) is 18.2 Å². The first-order chi connectivity index (χ1) is 14.4. The number of methoxy groups -OCH3 is 1. The van der Waals surface area contributed by atoms with Crippen molar-refractivity contribution in [1.29, 1.82) is 0 Å². The van der Waals surface area contributed by atoms with Crippen molar-refractivity contribution < 1.29 is 17.9 Å². The smallest absolute Gasteiger partial charge is 0.416 e. The van der Waals surface area contributed by atoms with Gasteiger partial charge in [0.25, 0.3) is 0 Å². The van der Waals surface area contributed by atoms with Gasteiger partial charge >= 0.3 is 6.18 Å². The van der Waals surface area contributed by atoms with Gasteiger partial charge in [-0.05, 0) is 42.2 Å². The van der Waals surface area contributed by atoms with E-state index in [4.69, 9.17) is 4.74 Å². The summed E-state index contributed by atoms with van der Waals surface area (Å²) < 4.78 is 43.9. The van der Waals surface area contributed by atoms with Gasteiger partial charge in [0.1, 0.15) is 5.75 Å². The zero-order chi connectivity index (χ0) is 21.6. The van der Waals surface area contributed by atoms with E-state index in [1.165, 1.54) is 6.07 Å². The predicted octanol–water partition coefficient (Wildman–Crippen LogP) is 4.52. The lowest BCUT2D eigenvalue weighted by atomic mass is 10.1. The summed E-state index contributed by atoms with van der Waals surface area (Å²) in [5.41, 5.74) is 1.05. The number of hydrogen-bond donors (Lipinski definition) is 2. The molecule has 3 rings (SSSR count). The molecule has 0 bridgehead atoms. The van der Waals surface area contributed by atoms with Crippen molar-refractivity contribution in [2.45, 2.75) is 19.1 Å². The van der Waals surface area contributed by atoms with Gasteiger partial charge < -0.3 is 20.3 Å². The van der Waals surface area contributed by atoms with Crippen LogP contribution in [0.2, 0.25) is 0 Å². The van der Waals surface area contributed by atoms with Crippen molar-refractivity contribution >= 4 is 35.6 Å². The maximum Gasteiger partial charge on any atom is 0.416 e. The molecule has 170 valence electrons. The first-order valence-corrected chi connectivity index (χ1v) is 9.88. The van der Waals surface area contributed by atoms with Gasteiger partial charge in [-0.2, -0.15) is 13.2 Å². The Labute approximate surface area is 198 Å². The zero-order valence-corrected chi connectivity index (χ0v) is 19.9. The molecule has 1 saturated heterocycles. The molecule has 1 unspecified atom stereocenters. The molecule has 0 radical (unpaired) electrons. The monoisotopic (exact) mass is 548 g/mol. The molecule has 5 nitrogen and oxygen atoms in total. The highest BCUT2D eigenvalue weighted by molar-refractivity contribution is 14.0. The average Bonchev–Trinajstić information content (AvgIpc) is 3.22. The minimum Gasteiger partial charge on any atom is -0.497 e. The summed E-state index contributed by atoms with van der Waals surface area (Å²) in [6.45, 7) is 2.90. The lowest BCUT2D eigenvalue weighted by Crippen LogP contribution is -2.40. The Balaban J connectivity index is 0.00000341. The van der Waals surface area contributed by atoms with Gasteiger partial charge in [0.15, 0.2) is 5.96 Å². The highest BCUT2D eigenvalue weighted by Gasteiger charge is 2.30. The van der Waals surface area contributed by atoms with E-state index in [0.29, 0.717) is 17.4 Å². The van der Waals surface area contributed by atoms with Gasteiger partial charge in [0.05, 0.1) is 12.7 Å². The molecule has 9 heteroatoms. The number of aliphatic imine (C=N–C) groups is 1. The number of benzene rings is 2.